The van der Waals surface area contributed by atoms with Crippen LogP contribution in [-0.2, 0) is 16.0 Å². The second kappa shape index (κ2) is 13.5. The summed E-state index contributed by atoms with van der Waals surface area (Å²) in [4.78, 5) is 34.3. The highest BCUT2D eigenvalue weighted by molar-refractivity contribution is 5.97. The highest BCUT2D eigenvalue weighted by Crippen LogP contribution is 2.23. The fourth-order valence-corrected chi connectivity index (χ4v) is 4.36. The Morgan fingerprint density at radius 1 is 1.00 bits per heavy atom. The highest BCUT2D eigenvalue weighted by atomic mass is 16.5. The van der Waals surface area contributed by atoms with Crippen LogP contribution >= 0.6 is 0 Å². The third-order valence-corrected chi connectivity index (χ3v) is 6.43. The van der Waals surface area contributed by atoms with E-state index in [4.69, 9.17) is 15.5 Å². The number of carbonyl (C=O) groups is 2. The molecule has 4 N–H and O–H groups in total. The van der Waals surface area contributed by atoms with Crippen LogP contribution in [0.15, 0.2) is 6.20 Å². The van der Waals surface area contributed by atoms with Crippen molar-refractivity contribution in [1.29, 1.82) is 0 Å². The van der Waals surface area contributed by atoms with Gasteiger partial charge in [-0.1, -0.05) is 25.7 Å². The molecular weight excluding hydrogens is 406 g/mol. The van der Waals surface area contributed by atoms with Crippen LogP contribution in [0.1, 0.15) is 86.7 Å². The molecule has 1 aromatic rings. The molecule has 1 saturated heterocycles. The second-order valence-electron chi connectivity index (χ2n) is 9.07. The maximum Gasteiger partial charge on any atom is 0.236 e. The van der Waals surface area contributed by atoms with Gasteiger partial charge in [0, 0.05) is 38.9 Å². The Balaban J connectivity index is 1.64. The predicted octanol–water partition coefficient (Wildman–Crippen LogP) is 3.01. The van der Waals surface area contributed by atoms with Crippen LogP contribution in [0.4, 0.5) is 5.95 Å². The third kappa shape index (κ3) is 8.13. The largest absolute Gasteiger partial charge is 0.381 e. The maximum atomic E-state index is 13.0. The van der Waals surface area contributed by atoms with E-state index in [1.54, 1.807) is 6.20 Å². The van der Waals surface area contributed by atoms with Crippen LogP contribution < -0.4 is 16.4 Å². The van der Waals surface area contributed by atoms with Crippen molar-refractivity contribution in [2.24, 2.45) is 11.7 Å². The van der Waals surface area contributed by atoms with Crippen molar-refractivity contribution in [1.82, 2.24) is 15.3 Å². The minimum absolute atomic E-state index is 0.0470. The smallest absolute Gasteiger partial charge is 0.236 e. The minimum Gasteiger partial charge on any atom is -0.381 e. The van der Waals surface area contributed by atoms with E-state index >= 15 is 0 Å². The van der Waals surface area contributed by atoms with Gasteiger partial charge in [0.2, 0.25) is 11.9 Å². The van der Waals surface area contributed by atoms with Crippen molar-refractivity contribution in [2.45, 2.75) is 83.1 Å². The first-order valence-corrected chi connectivity index (χ1v) is 12.4. The molecule has 1 fully saturated rings. The lowest BCUT2D eigenvalue weighted by Gasteiger charge is -2.21. The number of fused-ring (bicyclic) bond motifs is 2. The van der Waals surface area contributed by atoms with Crippen molar-refractivity contribution in [3.63, 3.8) is 0 Å². The standard InChI is InChI=1S/C24H39N5O3/c25-20-8-4-3-5-9-21-19(22(30)16-18-10-14-32-15-11-18)17-28-24(29-21)27-13-7-2-1-6-12-26-23(20)31/h17-18,20H,1-16,25H2,(H,26,31)(H,27,28,29)/t20-/m0/s1. The van der Waals surface area contributed by atoms with Gasteiger partial charge in [-0.3, -0.25) is 9.59 Å². The molecule has 0 radical (unpaired) electrons. The molecule has 1 amide bonds. The number of nitrogens with one attached hydrogen (secondary N) is 2. The van der Waals surface area contributed by atoms with E-state index in [9.17, 15) is 9.59 Å². The molecule has 1 aromatic heterocycles. The van der Waals surface area contributed by atoms with E-state index < -0.39 is 6.04 Å². The molecule has 1 atom stereocenters. The Morgan fingerprint density at radius 3 is 2.50 bits per heavy atom. The molecule has 2 bridgehead atoms. The van der Waals surface area contributed by atoms with Crippen LogP contribution in [0.2, 0.25) is 0 Å². The topological polar surface area (TPSA) is 119 Å². The van der Waals surface area contributed by atoms with Gasteiger partial charge in [-0.05, 0) is 50.9 Å². The number of aryl methyl sites for hydroxylation is 1. The summed E-state index contributed by atoms with van der Waals surface area (Å²) in [5.41, 5.74) is 7.53. The van der Waals surface area contributed by atoms with Gasteiger partial charge < -0.3 is 21.1 Å². The highest BCUT2D eigenvalue weighted by Gasteiger charge is 2.21. The van der Waals surface area contributed by atoms with E-state index in [0.717, 1.165) is 89.7 Å². The molecular formula is C24H39N5O3. The number of nitrogens with zero attached hydrogens (tertiary/aromatic N) is 2. The molecule has 0 aliphatic carbocycles. The van der Waals surface area contributed by atoms with Crippen molar-refractivity contribution in [3.05, 3.63) is 17.5 Å². The van der Waals surface area contributed by atoms with Crippen LogP contribution in [0.3, 0.4) is 0 Å². The van der Waals surface area contributed by atoms with Gasteiger partial charge in [0.25, 0.3) is 0 Å². The van der Waals surface area contributed by atoms with Gasteiger partial charge in [0.1, 0.15) is 0 Å². The summed E-state index contributed by atoms with van der Waals surface area (Å²) in [6.45, 7) is 2.97. The van der Waals surface area contributed by atoms with Crippen molar-refractivity contribution < 1.29 is 14.3 Å². The normalized spacial score (nSPS) is 22.8. The molecule has 178 valence electrons. The first-order chi connectivity index (χ1) is 15.6. The number of Topliss-reactive ketones (excluding diaryl/α,β-unsaturated/α-hetero) is 1. The van der Waals surface area contributed by atoms with Gasteiger partial charge in [-0.15, -0.1) is 0 Å². The van der Waals surface area contributed by atoms with Gasteiger partial charge in [-0.2, -0.15) is 0 Å². The zero-order valence-electron chi connectivity index (χ0n) is 19.2. The molecule has 0 saturated carbocycles. The van der Waals surface area contributed by atoms with Gasteiger partial charge in [0.15, 0.2) is 5.78 Å². The lowest BCUT2D eigenvalue weighted by Crippen LogP contribution is -2.40. The van der Waals surface area contributed by atoms with Crippen molar-refractivity contribution >= 4 is 17.6 Å². The summed E-state index contributed by atoms with van der Waals surface area (Å²) in [6, 6.07) is -0.444. The molecule has 3 heterocycles. The van der Waals surface area contributed by atoms with Crippen LogP contribution in [-0.4, -0.2) is 54.0 Å². The SMILES string of the molecule is N[C@H]1CCCCCc2nc(ncc2C(=O)CC2CCOCC2)NCCCCCCNC1=O. The molecule has 8 heteroatoms. The number of amides is 1. The Hall–Kier alpha value is -2.06. The molecule has 2 aliphatic heterocycles. The summed E-state index contributed by atoms with van der Waals surface area (Å²) in [7, 11) is 0. The average Bonchev–Trinajstić information content (AvgIpc) is 2.80. The fraction of sp³-hybridized carbons (Fsp3) is 0.750. The summed E-state index contributed by atoms with van der Waals surface area (Å²) in [6.07, 6.45) is 12.4. The van der Waals surface area contributed by atoms with E-state index in [0.29, 0.717) is 36.8 Å². The lowest BCUT2D eigenvalue weighted by molar-refractivity contribution is -0.122. The van der Waals surface area contributed by atoms with Crippen LogP contribution in [0.5, 0.6) is 0 Å². The summed E-state index contributed by atoms with van der Waals surface area (Å²) in [5.74, 6) is 1.08. The number of rotatable bonds is 3. The number of carbonyl (C=O) groups excluding carboxylic acids is 2. The van der Waals surface area contributed by atoms with Gasteiger partial charge >= 0.3 is 0 Å². The molecule has 0 unspecified atom stereocenters. The number of hydrogen-bond donors (Lipinski definition) is 3. The Morgan fingerprint density at radius 2 is 1.72 bits per heavy atom. The number of anilines is 1. The predicted molar refractivity (Wildman–Crippen MR) is 125 cm³/mol. The monoisotopic (exact) mass is 445 g/mol. The zero-order chi connectivity index (χ0) is 22.6. The first-order valence-electron chi connectivity index (χ1n) is 12.4. The quantitative estimate of drug-likeness (QED) is 0.612. The summed E-state index contributed by atoms with van der Waals surface area (Å²) in [5, 5.41) is 6.26. The minimum atomic E-state index is -0.444. The van der Waals surface area contributed by atoms with Crippen LogP contribution in [0, 0.1) is 5.92 Å². The number of aromatic nitrogens is 2. The molecule has 3 rings (SSSR count). The first kappa shape index (κ1) is 24.6. The zero-order valence-corrected chi connectivity index (χ0v) is 19.2. The molecule has 0 spiro atoms. The molecule has 0 aromatic carbocycles. The number of hydrogen-bond acceptors (Lipinski definition) is 7. The summed E-state index contributed by atoms with van der Waals surface area (Å²) < 4.78 is 5.42. The van der Waals surface area contributed by atoms with E-state index in [1.165, 1.54) is 0 Å². The van der Waals surface area contributed by atoms with E-state index in [2.05, 4.69) is 15.6 Å². The third-order valence-electron chi connectivity index (χ3n) is 6.43. The van der Waals surface area contributed by atoms with E-state index in [1.807, 2.05) is 0 Å². The molecule has 32 heavy (non-hydrogen) atoms. The molecule has 2 aliphatic rings. The lowest BCUT2D eigenvalue weighted by atomic mass is 9.91. The van der Waals surface area contributed by atoms with E-state index in [-0.39, 0.29) is 11.7 Å². The van der Waals surface area contributed by atoms with Crippen molar-refractivity contribution in [2.75, 3.05) is 31.6 Å². The van der Waals surface area contributed by atoms with Crippen LogP contribution in [0.25, 0.3) is 0 Å². The molecule has 8 nitrogen and oxygen atoms in total. The Kier molecular flexibility index (Phi) is 10.4. The maximum absolute atomic E-state index is 13.0. The van der Waals surface area contributed by atoms with Crippen molar-refractivity contribution in [3.8, 4) is 0 Å². The number of ether oxygens (including phenoxy) is 1. The Labute approximate surface area is 191 Å². The second-order valence-corrected chi connectivity index (χ2v) is 9.07. The number of ketones is 1. The van der Waals surface area contributed by atoms with Gasteiger partial charge in [-0.25, -0.2) is 9.97 Å². The summed E-state index contributed by atoms with van der Waals surface area (Å²) >= 11 is 0. The number of nitrogens with two attached hydrogens (primary N) is 1. The fourth-order valence-electron chi connectivity index (χ4n) is 4.36. The average molecular weight is 446 g/mol. The van der Waals surface area contributed by atoms with Gasteiger partial charge in [0.05, 0.1) is 17.3 Å². The Bertz CT molecular complexity index is 736.